The zero-order valence-corrected chi connectivity index (χ0v) is 9.90. The van der Waals surface area contributed by atoms with E-state index >= 15 is 0 Å². The van der Waals surface area contributed by atoms with E-state index in [0.717, 1.165) is 24.2 Å². The fourth-order valence-corrected chi connectivity index (χ4v) is 3.65. The molecule has 0 spiro atoms. The van der Waals surface area contributed by atoms with Crippen LogP contribution < -0.4 is 11.3 Å². The molecule has 0 radical (unpaired) electrons. The van der Waals surface area contributed by atoms with Crippen molar-refractivity contribution in [3.8, 4) is 0 Å². The molecule has 3 unspecified atom stereocenters. The minimum Gasteiger partial charge on any atom is -0.271 e. The number of halogens is 1. The number of hydrazine groups is 1. The highest BCUT2D eigenvalue weighted by atomic mass is 19.1. The molecule has 92 valence electrons. The first-order valence-corrected chi connectivity index (χ1v) is 6.50. The van der Waals surface area contributed by atoms with Crippen LogP contribution in [0.5, 0.6) is 0 Å². The summed E-state index contributed by atoms with van der Waals surface area (Å²) in [4.78, 5) is 0. The minimum atomic E-state index is -0.172. The first kappa shape index (κ1) is 11.2. The van der Waals surface area contributed by atoms with Crippen molar-refractivity contribution < 1.29 is 4.39 Å². The van der Waals surface area contributed by atoms with Crippen molar-refractivity contribution in [2.24, 2.45) is 23.6 Å². The lowest BCUT2D eigenvalue weighted by atomic mass is 9.98. The standard InChI is InChI=1S/C14H19FN2/c15-10-6-4-9(5-7-10)8-13(17-16)14-11-2-1-3-12(11)14/h4-7,11-14,17H,1-3,8,16H2. The Morgan fingerprint density at radius 3 is 2.47 bits per heavy atom. The Morgan fingerprint density at radius 1 is 1.24 bits per heavy atom. The molecule has 3 heteroatoms. The van der Waals surface area contributed by atoms with E-state index in [1.165, 1.54) is 37.0 Å². The number of rotatable bonds is 4. The normalized spacial score (nSPS) is 32.2. The van der Waals surface area contributed by atoms with Gasteiger partial charge >= 0.3 is 0 Å². The third-order valence-electron chi connectivity index (χ3n) is 4.52. The number of hydrogen-bond donors (Lipinski definition) is 2. The van der Waals surface area contributed by atoms with Crippen molar-refractivity contribution in [1.82, 2.24) is 5.43 Å². The van der Waals surface area contributed by atoms with Gasteiger partial charge < -0.3 is 0 Å². The van der Waals surface area contributed by atoms with Crippen molar-refractivity contribution in [3.63, 3.8) is 0 Å². The van der Waals surface area contributed by atoms with Gasteiger partial charge in [-0.05, 0) is 54.7 Å². The highest BCUT2D eigenvalue weighted by Gasteiger charge is 2.55. The zero-order chi connectivity index (χ0) is 11.8. The second kappa shape index (κ2) is 4.39. The molecule has 2 saturated carbocycles. The molecule has 0 heterocycles. The molecule has 0 aliphatic heterocycles. The molecule has 3 atom stereocenters. The first-order chi connectivity index (χ1) is 8.29. The molecule has 0 aromatic heterocycles. The third-order valence-corrected chi connectivity index (χ3v) is 4.52. The Kier molecular flexibility index (Phi) is 2.89. The summed E-state index contributed by atoms with van der Waals surface area (Å²) < 4.78 is 12.8. The van der Waals surface area contributed by atoms with Crippen LogP contribution in [0.15, 0.2) is 24.3 Å². The monoisotopic (exact) mass is 234 g/mol. The van der Waals surface area contributed by atoms with Gasteiger partial charge in [-0.1, -0.05) is 18.6 Å². The van der Waals surface area contributed by atoms with Crippen molar-refractivity contribution in [3.05, 3.63) is 35.6 Å². The van der Waals surface area contributed by atoms with Crippen LogP contribution in [0.3, 0.4) is 0 Å². The van der Waals surface area contributed by atoms with Crippen LogP contribution in [0.2, 0.25) is 0 Å². The predicted octanol–water partition coefficient (Wildman–Crippen LogP) is 2.25. The van der Waals surface area contributed by atoms with Gasteiger partial charge in [0.2, 0.25) is 0 Å². The highest BCUT2D eigenvalue weighted by Crippen LogP contribution is 2.59. The summed E-state index contributed by atoms with van der Waals surface area (Å²) in [7, 11) is 0. The quantitative estimate of drug-likeness (QED) is 0.619. The molecule has 0 bridgehead atoms. The Labute approximate surface area is 101 Å². The predicted molar refractivity (Wildman–Crippen MR) is 65.5 cm³/mol. The van der Waals surface area contributed by atoms with Gasteiger partial charge in [-0.2, -0.15) is 0 Å². The largest absolute Gasteiger partial charge is 0.271 e. The van der Waals surface area contributed by atoms with Crippen molar-refractivity contribution in [1.29, 1.82) is 0 Å². The number of nitrogens with two attached hydrogens (primary N) is 1. The van der Waals surface area contributed by atoms with Crippen LogP contribution in [0, 0.1) is 23.6 Å². The van der Waals surface area contributed by atoms with Gasteiger partial charge in [0, 0.05) is 6.04 Å². The van der Waals surface area contributed by atoms with Gasteiger partial charge in [-0.15, -0.1) is 0 Å². The van der Waals surface area contributed by atoms with Crippen LogP contribution in [0.25, 0.3) is 0 Å². The number of benzene rings is 1. The first-order valence-electron chi connectivity index (χ1n) is 6.50. The molecular weight excluding hydrogens is 215 g/mol. The van der Waals surface area contributed by atoms with Crippen molar-refractivity contribution in [2.45, 2.75) is 31.7 Å². The van der Waals surface area contributed by atoms with E-state index < -0.39 is 0 Å². The summed E-state index contributed by atoms with van der Waals surface area (Å²) in [6.45, 7) is 0. The summed E-state index contributed by atoms with van der Waals surface area (Å²) in [5.74, 6) is 8.05. The van der Waals surface area contributed by atoms with Gasteiger partial charge in [-0.3, -0.25) is 11.3 Å². The van der Waals surface area contributed by atoms with Gasteiger partial charge in [0.25, 0.3) is 0 Å². The molecule has 1 aromatic rings. The van der Waals surface area contributed by atoms with Crippen LogP contribution in [0.1, 0.15) is 24.8 Å². The average Bonchev–Trinajstić information content (AvgIpc) is 2.82. The van der Waals surface area contributed by atoms with E-state index in [-0.39, 0.29) is 5.82 Å². The maximum atomic E-state index is 12.8. The number of fused-ring (bicyclic) bond motifs is 1. The third kappa shape index (κ3) is 2.09. The molecule has 2 aliphatic carbocycles. The lowest BCUT2D eigenvalue weighted by molar-refractivity contribution is 0.410. The molecule has 2 fully saturated rings. The molecule has 0 saturated heterocycles. The number of nitrogens with one attached hydrogen (secondary N) is 1. The lowest BCUT2D eigenvalue weighted by Gasteiger charge is -2.17. The van der Waals surface area contributed by atoms with E-state index in [1.54, 1.807) is 0 Å². The molecule has 3 rings (SSSR count). The van der Waals surface area contributed by atoms with Gasteiger partial charge in [0.1, 0.15) is 5.82 Å². The Bertz CT molecular complexity index is 380. The van der Waals surface area contributed by atoms with Crippen LogP contribution in [-0.4, -0.2) is 6.04 Å². The maximum Gasteiger partial charge on any atom is 0.123 e. The molecule has 17 heavy (non-hydrogen) atoms. The summed E-state index contributed by atoms with van der Waals surface area (Å²) in [5, 5.41) is 0. The summed E-state index contributed by atoms with van der Waals surface area (Å²) >= 11 is 0. The topological polar surface area (TPSA) is 38.0 Å². The lowest BCUT2D eigenvalue weighted by Crippen LogP contribution is -2.39. The molecule has 2 aliphatic rings. The Hall–Kier alpha value is -0.930. The summed E-state index contributed by atoms with van der Waals surface area (Å²) in [6, 6.07) is 7.12. The van der Waals surface area contributed by atoms with E-state index in [9.17, 15) is 4.39 Å². The Morgan fingerprint density at radius 2 is 1.88 bits per heavy atom. The number of hydrogen-bond acceptors (Lipinski definition) is 2. The Balaban J connectivity index is 1.64. The van der Waals surface area contributed by atoms with E-state index in [4.69, 9.17) is 5.84 Å². The fraction of sp³-hybridized carbons (Fsp3) is 0.571. The average molecular weight is 234 g/mol. The molecule has 2 nitrogen and oxygen atoms in total. The van der Waals surface area contributed by atoms with E-state index in [0.29, 0.717) is 6.04 Å². The summed E-state index contributed by atoms with van der Waals surface area (Å²) in [6.07, 6.45) is 5.04. The zero-order valence-electron chi connectivity index (χ0n) is 9.90. The van der Waals surface area contributed by atoms with Crippen LogP contribution >= 0.6 is 0 Å². The van der Waals surface area contributed by atoms with E-state index in [2.05, 4.69) is 5.43 Å². The smallest absolute Gasteiger partial charge is 0.123 e. The van der Waals surface area contributed by atoms with Crippen LogP contribution in [0.4, 0.5) is 4.39 Å². The second-order valence-corrected chi connectivity index (χ2v) is 5.44. The maximum absolute atomic E-state index is 12.8. The summed E-state index contributed by atoms with van der Waals surface area (Å²) in [5.41, 5.74) is 4.13. The highest BCUT2D eigenvalue weighted by molar-refractivity contribution is 5.19. The molecular formula is C14H19FN2. The van der Waals surface area contributed by atoms with E-state index in [1.807, 2.05) is 12.1 Å². The van der Waals surface area contributed by atoms with Crippen molar-refractivity contribution in [2.75, 3.05) is 0 Å². The second-order valence-electron chi connectivity index (χ2n) is 5.44. The van der Waals surface area contributed by atoms with Gasteiger partial charge in [0.15, 0.2) is 0 Å². The van der Waals surface area contributed by atoms with Crippen molar-refractivity contribution >= 4 is 0 Å². The van der Waals surface area contributed by atoms with Crippen LogP contribution in [-0.2, 0) is 6.42 Å². The van der Waals surface area contributed by atoms with Gasteiger partial charge in [0.05, 0.1) is 0 Å². The SMILES string of the molecule is NNC(Cc1ccc(F)cc1)C1C2CCCC21. The molecule has 1 aromatic carbocycles. The minimum absolute atomic E-state index is 0.172. The molecule has 3 N–H and O–H groups in total. The molecule has 0 amide bonds. The fourth-order valence-electron chi connectivity index (χ4n) is 3.65. The van der Waals surface area contributed by atoms with Gasteiger partial charge in [-0.25, -0.2) is 4.39 Å².